The van der Waals surface area contributed by atoms with Crippen LogP contribution >= 0.6 is 12.2 Å². The highest BCUT2D eigenvalue weighted by atomic mass is 32.1. The van der Waals surface area contributed by atoms with Gasteiger partial charge in [-0.1, -0.05) is 29.8 Å². The number of carbonyl (C=O) groups is 1. The fraction of sp³-hybridized carbons (Fsp3) is 0.0909. The second kappa shape index (κ2) is 3.82. The van der Waals surface area contributed by atoms with E-state index in [-0.39, 0.29) is 16.8 Å². The largest absolute Gasteiger partial charge is 0.426 e. The second-order valence-electron chi connectivity index (χ2n) is 3.26. The Labute approximate surface area is 92.7 Å². The van der Waals surface area contributed by atoms with Crippen molar-refractivity contribution in [2.45, 2.75) is 6.92 Å². The zero-order chi connectivity index (χ0) is 10.8. The van der Waals surface area contributed by atoms with E-state index in [1.54, 1.807) is 6.08 Å². The maximum Gasteiger partial charge on any atom is 0.294 e. The molecule has 1 fully saturated rings. The average molecular weight is 219 g/mol. The van der Waals surface area contributed by atoms with Crippen molar-refractivity contribution < 1.29 is 9.53 Å². The minimum Gasteiger partial charge on any atom is -0.426 e. The number of hydrogen-bond donors (Lipinski definition) is 1. The molecule has 0 unspecified atom stereocenters. The third kappa shape index (κ3) is 2.22. The summed E-state index contributed by atoms with van der Waals surface area (Å²) in [5.74, 6) is -0.0515. The van der Waals surface area contributed by atoms with E-state index in [2.05, 4.69) is 5.32 Å². The number of aryl methyl sites for hydroxylation is 1. The molecule has 0 saturated carbocycles. The number of ether oxygens (including phenoxy) is 1. The van der Waals surface area contributed by atoms with Gasteiger partial charge in [0.25, 0.3) is 11.1 Å². The first kappa shape index (κ1) is 9.86. The molecule has 76 valence electrons. The highest BCUT2D eigenvalue weighted by Gasteiger charge is 2.22. The van der Waals surface area contributed by atoms with Crippen molar-refractivity contribution in [3.05, 3.63) is 41.2 Å². The molecular weight excluding hydrogens is 210 g/mol. The first-order chi connectivity index (χ1) is 7.15. The van der Waals surface area contributed by atoms with Crippen LogP contribution in [-0.4, -0.2) is 11.1 Å². The first-order valence-electron chi connectivity index (χ1n) is 4.47. The molecule has 0 bridgehead atoms. The maximum atomic E-state index is 11.3. The number of benzene rings is 1. The number of nitrogens with one attached hydrogen (secondary N) is 1. The van der Waals surface area contributed by atoms with Gasteiger partial charge in [0.1, 0.15) is 0 Å². The fourth-order valence-corrected chi connectivity index (χ4v) is 1.42. The Kier molecular flexibility index (Phi) is 2.51. The number of rotatable bonds is 1. The predicted molar refractivity (Wildman–Crippen MR) is 61.0 cm³/mol. The van der Waals surface area contributed by atoms with Crippen LogP contribution in [0.3, 0.4) is 0 Å². The predicted octanol–water partition coefficient (Wildman–Crippen LogP) is 1.77. The molecule has 0 aliphatic carbocycles. The number of thiocarbonyl (C=S) groups is 1. The third-order valence-electron chi connectivity index (χ3n) is 2.02. The lowest BCUT2D eigenvalue weighted by molar-refractivity contribution is -0.116. The second-order valence-corrected chi connectivity index (χ2v) is 3.63. The molecule has 0 atom stereocenters. The molecule has 1 aliphatic rings. The van der Waals surface area contributed by atoms with Crippen molar-refractivity contribution in [3.8, 4) is 0 Å². The molecule has 4 heteroatoms. The standard InChI is InChI=1S/C11H9NO2S/c1-7-2-4-8(5-3-7)6-9-10(13)12-11(15)14-9/h2-6H,1H3,(H,12,13,15). The summed E-state index contributed by atoms with van der Waals surface area (Å²) < 4.78 is 5.04. The molecule has 1 heterocycles. The van der Waals surface area contributed by atoms with E-state index in [4.69, 9.17) is 17.0 Å². The summed E-state index contributed by atoms with van der Waals surface area (Å²) in [5, 5.41) is 2.51. The van der Waals surface area contributed by atoms with Crippen LogP contribution in [0.5, 0.6) is 0 Å². The van der Waals surface area contributed by atoms with Crippen LogP contribution < -0.4 is 5.32 Å². The van der Waals surface area contributed by atoms with Crippen molar-refractivity contribution in [3.63, 3.8) is 0 Å². The summed E-state index contributed by atoms with van der Waals surface area (Å²) in [6.07, 6.45) is 1.66. The van der Waals surface area contributed by atoms with E-state index >= 15 is 0 Å². The molecule has 1 N–H and O–H groups in total. The Morgan fingerprint density at radius 3 is 2.53 bits per heavy atom. The van der Waals surface area contributed by atoms with Gasteiger partial charge >= 0.3 is 0 Å². The molecule has 0 aromatic heterocycles. The molecule has 1 aromatic rings. The van der Waals surface area contributed by atoms with Crippen LogP contribution in [0.2, 0.25) is 0 Å². The lowest BCUT2D eigenvalue weighted by Gasteiger charge is -1.96. The Bertz CT molecular complexity index is 448. The first-order valence-corrected chi connectivity index (χ1v) is 4.87. The van der Waals surface area contributed by atoms with E-state index in [1.807, 2.05) is 31.2 Å². The summed E-state index contributed by atoms with van der Waals surface area (Å²) in [4.78, 5) is 11.3. The van der Waals surface area contributed by atoms with Crippen LogP contribution in [0.4, 0.5) is 0 Å². The summed E-state index contributed by atoms with van der Waals surface area (Å²) in [5.41, 5.74) is 2.08. The van der Waals surface area contributed by atoms with Crippen molar-refractivity contribution in [1.82, 2.24) is 5.32 Å². The number of amides is 1. The zero-order valence-electron chi connectivity index (χ0n) is 8.11. The minimum absolute atomic E-state index is 0.110. The van der Waals surface area contributed by atoms with Gasteiger partial charge in [-0.3, -0.25) is 10.1 Å². The SMILES string of the molecule is Cc1ccc(C=C2OC(=S)NC2=O)cc1. The minimum atomic E-state index is -0.291. The van der Waals surface area contributed by atoms with Crippen molar-refractivity contribution in [1.29, 1.82) is 0 Å². The molecular formula is C11H9NO2S. The Hall–Kier alpha value is -1.68. The summed E-state index contributed by atoms with van der Waals surface area (Å²) in [6, 6.07) is 7.77. The molecule has 1 aliphatic heterocycles. The average Bonchev–Trinajstić information content (AvgIpc) is 2.49. The van der Waals surface area contributed by atoms with E-state index in [0.29, 0.717) is 0 Å². The third-order valence-corrected chi connectivity index (χ3v) is 2.20. The van der Waals surface area contributed by atoms with Crippen molar-refractivity contribution in [2.75, 3.05) is 0 Å². The maximum absolute atomic E-state index is 11.3. The number of hydrogen-bond acceptors (Lipinski definition) is 3. The van der Waals surface area contributed by atoms with Gasteiger partial charge in [0, 0.05) is 0 Å². The summed E-state index contributed by atoms with van der Waals surface area (Å²) in [6.45, 7) is 2.00. The van der Waals surface area contributed by atoms with Gasteiger partial charge in [-0.25, -0.2) is 0 Å². The van der Waals surface area contributed by atoms with Crippen LogP contribution in [0, 0.1) is 6.92 Å². The Morgan fingerprint density at radius 1 is 1.33 bits per heavy atom. The normalized spacial score (nSPS) is 17.8. The topological polar surface area (TPSA) is 38.3 Å². The van der Waals surface area contributed by atoms with Gasteiger partial charge in [-0.2, -0.15) is 0 Å². The van der Waals surface area contributed by atoms with Gasteiger partial charge in [0.15, 0.2) is 5.76 Å². The number of carbonyl (C=O) groups excluding carboxylic acids is 1. The van der Waals surface area contributed by atoms with E-state index in [9.17, 15) is 4.79 Å². The molecule has 15 heavy (non-hydrogen) atoms. The van der Waals surface area contributed by atoms with Crippen LogP contribution in [-0.2, 0) is 9.53 Å². The highest BCUT2D eigenvalue weighted by Crippen LogP contribution is 2.13. The van der Waals surface area contributed by atoms with Gasteiger partial charge in [-0.05, 0) is 30.8 Å². The molecule has 1 amide bonds. The van der Waals surface area contributed by atoms with Gasteiger partial charge < -0.3 is 4.74 Å². The lowest BCUT2D eigenvalue weighted by Crippen LogP contribution is -2.18. The van der Waals surface area contributed by atoms with Crippen LogP contribution in [0.25, 0.3) is 6.08 Å². The monoisotopic (exact) mass is 219 g/mol. The van der Waals surface area contributed by atoms with Gasteiger partial charge in [-0.15, -0.1) is 0 Å². The van der Waals surface area contributed by atoms with Gasteiger partial charge in [0.05, 0.1) is 0 Å². The van der Waals surface area contributed by atoms with Crippen molar-refractivity contribution >= 4 is 29.4 Å². The lowest BCUT2D eigenvalue weighted by atomic mass is 10.1. The molecule has 2 rings (SSSR count). The quantitative estimate of drug-likeness (QED) is 0.578. The van der Waals surface area contributed by atoms with Gasteiger partial charge in [0.2, 0.25) is 0 Å². The molecule has 1 aromatic carbocycles. The van der Waals surface area contributed by atoms with Crippen LogP contribution in [0.15, 0.2) is 30.0 Å². The highest BCUT2D eigenvalue weighted by molar-refractivity contribution is 7.80. The van der Waals surface area contributed by atoms with Crippen LogP contribution in [0.1, 0.15) is 11.1 Å². The van der Waals surface area contributed by atoms with E-state index < -0.39 is 0 Å². The Morgan fingerprint density at radius 2 is 2.00 bits per heavy atom. The molecule has 0 spiro atoms. The summed E-state index contributed by atoms with van der Waals surface area (Å²) >= 11 is 4.72. The smallest absolute Gasteiger partial charge is 0.294 e. The van der Waals surface area contributed by atoms with E-state index in [0.717, 1.165) is 5.56 Å². The molecule has 3 nitrogen and oxygen atoms in total. The molecule has 0 radical (unpaired) electrons. The Balaban J connectivity index is 2.27. The zero-order valence-corrected chi connectivity index (χ0v) is 8.93. The fourth-order valence-electron chi connectivity index (χ4n) is 1.24. The summed E-state index contributed by atoms with van der Waals surface area (Å²) in [7, 11) is 0. The molecule has 1 saturated heterocycles. The van der Waals surface area contributed by atoms with E-state index in [1.165, 1.54) is 5.56 Å². The van der Waals surface area contributed by atoms with Crippen molar-refractivity contribution in [2.24, 2.45) is 0 Å².